The van der Waals surface area contributed by atoms with Crippen molar-refractivity contribution in [1.29, 1.82) is 0 Å². The van der Waals surface area contributed by atoms with E-state index < -0.39 is 0 Å². The Kier molecular flexibility index (Phi) is 4.89. The number of aliphatic hydroxyl groups is 1. The van der Waals surface area contributed by atoms with Gasteiger partial charge in [-0.15, -0.1) is 0 Å². The fourth-order valence-corrected chi connectivity index (χ4v) is 5.11. The largest absolute Gasteiger partial charge is 0.395 e. The van der Waals surface area contributed by atoms with Gasteiger partial charge in [0.05, 0.1) is 6.61 Å². The molecule has 2 heterocycles. The Hall–Kier alpha value is -2.99. The first kappa shape index (κ1) is 19.9. The molecule has 6 heteroatoms. The molecule has 1 atom stereocenters. The summed E-state index contributed by atoms with van der Waals surface area (Å²) in [5.74, 6) is 1.70. The third-order valence-electron chi connectivity index (χ3n) is 6.80. The highest BCUT2D eigenvalue weighted by molar-refractivity contribution is 5.82. The van der Waals surface area contributed by atoms with Gasteiger partial charge < -0.3 is 14.5 Å². The topological polar surface area (TPSA) is 79.5 Å². The van der Waals surface area contributed by atoms with Crippen LogP contribution in [0.2, 0.25) is 0 Å². The second-order valence-corrected chi connectivity index (χ2v) is 9.03. The monoisotopic (exact) mass is 417 g/mol. The zero-order valence-corrected chi connectivity index (χ0v) is 18.0. The number of carbonyl (C=O) groups is 1. The number of carbonyl (C=O) groups excluding carboxylic acids is 1. The SMILES string of the molecule is CC(C)c1ccc(-c2nc(-c3cccc4c3CCC43CC(=O)N(CCO)C3)no2)cc1. The molecular formula is C25H27N3O3. The van der Waals surface area contributed by atoms with Crippen molar-refractivity contribution in [2.45, 2.75) is 44.4 Å². The Morgan fingerprint density at radius 3 is 2.74 bits per heavy atom. The molecule has 5 rings (SSSR count). The van der Waals surface area contributed by atoms with E-state index in [0.717, 1.165) is 24.0 Å². The van der Waals surface area contributed by atoms with Crippen molar-refractivity contribution < 1.29 is 14.4 Å². The highest BCUT2D eigenvalue weighted by Crippen LogP contribution is 2.48. The predicted octanol–water partition coefficient (Wildman–Crippen LogP) is 3.94. The number of aromatic nitrogens is 2. The zero-order valence-electron chi connectivity index (χ0n) is 18.0. The molecular weight excluding hydrogens is 390 g/mol. The minimum atomic E-state index is -0.170. The van der Waals surface area contributed by atoms with Gasteiger partial charge in [0, 0.05) is 36.1 Å². The van der Waals surface area contributed by atoms with E-state index >= 15 is 0 Å². The maximum atomic E-state index is 12.5. The molecule has 1 spiro atoms. The Morgan fingerprint density at radius 2 is 2.00 bits per heavy atom. The molecule has 0 radical (unpaired) electrons. The summed E-state index contributed by atoms with van der Waals surface area (Å²) in [6, 6.07) is 14.4. The fourth-order valence-electron chi connectivity index (χ4n) is 5.11. The summed E-state index contributed by atoms with van der Waals surface area (Å²) in [6.45, 7) is 5.41. The Labute approximate surface area is 181 Å². The zero-order chi connectivity index (χ0) is 21.6. The number of hydrogen-bond donors (Lipinski definition) is 1. The second kappa shape index (κ2) is 7.61. The number of hydrogen-bond acceptors (Lipinski definition) is 5. The average molecular weight is 418 g/mol. The van der Waals surface area contributed by atoms with Crippen LogP contribution in [0.4, 0.5) is 0 Å². The smallest absolute Gasteiger partial charge is 0.258 e. The van der Waals surface area contributed by atoms with Crippen LogP contribution in [0.3, 0.4) is 0 Å². The molecule has 0 saturated carbocycles. The van der Waals surface area contributed by atoms with Crippen LogP contribution in [0.1, 0.15) is 49.3 Å². The van der Waals surface area contributed by atoms with Crippen molar-refractivity contribution in [1.82, 2.24) is 15.0 Å². The molecule has 1 aromatic heterocycles. The number of fused-ring (bicyclic) bond motifs is 2. The third kappa shape index (κ3) is 3.35. The third-order valence-corrected chi connectivity index (χ3v) is 6.80. The van der Waals surface area contributed by atoms with E-state index in [0.29, 0.717) is 37.1 Å². The van der Waals surface area contributed by atoms with Crippen LogP contribution in [0.15, 0.2) is 47.0 Å². The van der Waals surface area contributed by atoms with Gasteiger partial charge in [-0.2, -0.15) is 4.98 Å². The summed E-state index contributed by atoms with van der Waals surface area (Å²) in [7, 11) is 0. The molecule has 1 unspecified atom stereocenters. The molecule has 1 amide bonds. The van der Waals surface area contributed by atoms with Crippen molar-refractivity contribution >= 4 is 5.91 Å². The summed E-state index contributed by atoms with van der Waals surface area (Å²) < 4.78 is 5.60. The standard InChI is InChI=1S/C25H27N3O3/c1-16(2)17-6-8-18(9-7-17)24-26-23(27-31-24)20-4-3-5-21-19(20)10-11-25(21)14-22(30)28(15-25)12-13-29/h3-9,16,29H,10-15H2,1-2H3. The first-order chi connectivity index (χ1) is 15.0. The highest BCUT2D eigenvalue weighted by Gasteiger charge is 2.48. The molecule has 1 aliphatic carbocycles. The molecule has 2 aliphatic rings. The van der Waals surface area contributed by atoms with E-state index in [1.54, 1.807) is 4.90 Å². The van der Waals surface area contributed by atoms with Crippen LogP contribution in [0.25, 0.3) is 22.8 Å². The minimum absolute atomic E-state index is 0.00149. The lowest BCUT2D eigenvalue weighted by Gasteiger charge is -2.24. The minimum Gasteiger partial charge on any atom is -0.395 e. The Balaban J connectivity index is 1.46. The van der Waals surface area contributed by atoms with Gasteiger partial charge in [0.25, 0.3) is 5.89 Å². The normalized spacial score (nSPS) is 20.3. The maximum Gasteiger partial charge on any atom is 0.258 e. The number of β-amino-alcohol motifs (C(OH)–C–C–N with tert-alkyl or cyclic N) is 1. The summed E-state index contributed by atoms with van der Waals surface area (Å²) in [5.41, 5.74) is 5.42. The Morgan fingerprint density at radius 1 is 1.19 bits per heavy atom. The van der Waals surface area contributed by atoms with Gasteiger partial charge in [-0.3, -0.25) is 4.79 Å². The van der Waals surface area contributed by atoms with Crippen molar-refractivity contribution in [3.05, 3.63) is 59.2 Å². The average Bonchev–Trinajstić information content (AvgIpc) is 3.47. The number of benzene rings is 2. The van der Waals surface area contributed by atoms with E-state index in [1.165, 1.54) is 16.7 Å². The van der Waals surface area contributed by atoms with Crippen molar-refractivity contribution in [2.24, 2.45) is 0 Å². The summed E-state index contributed by atoms with van der Waals surface area (Å²) in [5, 5.41) is 13.6. The van der Waals surface area contributed by atoms with Gasteiger partial charge in [-0.1, -0.05) is 49.3 Å². The lowest BCUT2D eigenvalue weighted by molar-refractivity contribution is -0.128. The lowest BCUT2D eigenvalue weighted by atomic mass is 9.80. The molecule has 1 aliphatic heterocycles. The molecule has 1 fully saturated rings. The summed E-state index contributed by atoms with van der Waals surface area (Å²) >= 11 is 0. The maximum absolute atomic E-state index is 12.5. The first-order valence-electron chi connectivity index (χ1n) is 11.0. The molecule has 160 valence electrons. The van der Waals surface area contributed by atoms with Gasteiger partial charge in [0.1, 0.15) is 0 Å². The fraction of sp³-hybridized carbons (Fsp3) is 0.400. The van der Waals surface area contributed by atoms with Crippen molar-refractivity contribution in [3.63, 3.8) is 0 Å². The van der Waals surface area contributed by atoms with E-state index in [9.17, 15) is 9.90 Å². The van der Waals surface area contributed by atoms with Crippen molar-refractivity contribution in [2.75, 3.05) is 19.7 Å². The number of rotatable bonds is 5. The van der Waals surface area contributed by atoms with Crippen LogP contribution >= 0.6 is 0 Å². The molecule has 31 heavy (non-hydrogen) atoms. The molecule has 0 bridgehead atoms. The quantitative estimate of drug-likeness (QED) is 0.680. The number of aliphatic hydroxyl groups excluding tert-OH is 1. The van der Waals surface area contributed by atoms with Crippen LogP contribution in [0.5, 0.6) is 0 Å². The summed E-state index contributed by atoms with van der Waals surface area (Å²) in [4.78, 5) is 19.0. The van der Waals surface area contributed by atoms with E-state index in [1.807, 2.05) is 24.3 Å². The van der Waals surface area contributed by atoms with E-state index in [-0.39, 0.29) is 17.9 Å². The number of likely N-dealkylation sites (tertiary alicyclic amines) is 1. The second-order valence-electron chi connectivity index (χ2n) is 9.03. The van der Waals surface area contributed by atoms with Crippen LogP contribution < -0.4 is 0 Å². The predicted molar refractivity (Wildman–Crippen MR) is 118 cm³/mol. The molecule has 3 aromatic rings. The van der Waals surface area contributed by atoms with E-state index in [4.69, 9.17) is 4.52 Å². The molecule has 1 N–H and O–H groups in total. The van der Waals surface area contributed by atoms with Crippen LogP contribution in [-0.2, 0) is 16.6 Å². The van der Waals surface area contributed by atoms with Gasteiger partial charge in [-0.05, 0) is 47.6 Å². The highest BCUT2D eigenvalue weighted by atomic mass is 16.5. The van der Waals surface area contributed by atoms with E-state index in [2.05, 4.69) is 42.2 Å². The molecule has 2 aromatic carbocycles. The number of nitrogens with zero attached hydrogens (tertiary/aromatic N) is 3. The van der Waals surface area contributed by atoms with Gasteiger partial charge in [0.2, 0.25) is 11.7 Å². The number of amides is 1. The van der Waals surface area contributed by atoms with Crippen molar-refractivity contribution in [3.8, 4) is 22.8 Å². The lowest BCUT2D eigenvalue weighted by Crippen LogP contribution is -2.32. The van der Waals surface area contributed by atoms with Crippen LogP contribution in [0, 0.1) is 0 Å². The Bertz CT molecular complexity index is 1120. The van der Waals surface area contributed by atoms with Crippen LogP contribution in [-0.4, -0.2) is 45.8 Å². The van der Waals surface area contributed by atoms with Gasteiger partial charge in [-0.25, -0.2) is 0 Å². The van der Waals surface area contributed by atoms with Gasteiger partial charge >= 0.3 is 0 Å². The summed E-state index contributed by atoms with van der Waals surface area (Å²) in [6.07, 6.45) is 2.32. The first-order valence-corrected chi connectivity index (χ1v) is 11.0. The molecule has 1 saturated heterocycles. The van der Waals surface area contributed by atoms with Gasteiger partial charge in [0.15, 0.2) is 0 Å². The molecule has 6 nitrogen and oxygen atoms in total.